The maximum atomic E-state index is 12.1. The fraction of sp³-hybridized carbons (Fsp3) is 0.318. The lowest BCUT2D eigenvalue weighted by atomic mass is 10.2. The largest absolute Gasteiger partial charge is 0.452 e. The van der Waals surface area contributed by atoms with Crippen molar-refractivity contribution >= 4 is 35.4 Å². The second-order valence-corrected chi connectivity index (χ2v) is 7.95. The molecule has 1 saturated carbocycles. The lowest BCUT2D eigenvalue weighted by molar-refractivity contribution is -0.142. The van der Waals surface area contributed by atoms with Crippen LogP contribution in [0.5, 0.6) is 0 Å². The Labute approximate surface area is 174 Å². The van der Waals surface area contributed by atoms with E-state index in [-0.39, 0.29) is 6.61 Å². The van der Waals surface area contributed by atoms with Gasteiger partial charge in [-0.2, -0.15) is 5.26 Å². The molecule has 1 heterocycles. The number of hydrogen-bond donors (Lipinski definition) is 1. The van der Waals surface area contributed by atoms with E-state index in [4.69, 9.17) is 10.00 Å². The van der Waals surface area contributed by atoms with E-state index in [1.165, 1.54) is 24.6 Å². The number of rotatable bonds is 7. The molecule has 0 aliphatic heterocycles. The highest BCUT2D eigenvalue weighted by Gasteiger charge is 2.26. The van der Waals surface area contributed by atoms with Gasteiger partial charge in [0.15, 0.2) is 6.61 Å². The summed E-state index contributed by atoms with van der Waals surface area (Å²) in [7, 11) is 0. The van der Waals surface area contributed by atoms with Crippen molar-refractivity contribution in [1.82, 2.24) is 4.57 Å². The van der Waals surface area contributed by atoms with Crippen molar-refractivity contribution in [2.75, 3.05) is 11.9 Å². The molecule has 1 aromatic carbocycles. The molecule has 1 aliphatic rings. The SMILES string of the molecule is Cc1cc(SC#N)ccc1NC(=O)COC(=O)/C=C/c1cc(C)n(C2CC2)c1C. The van der Waals surface area contributed by atoms with Crippen LogP contribution in [0, 0.1) is 31.4 Å². The van der Waals surface area contributed by atoms with Gasteiger partial charge >= 0.3 is 5.97 Å². The Morgan fingerprint density at radius 2 is 2.07 bits per heavy atom. The number of benzene rings is 1. The van der Waals surface area contributed by atoms with Crippen molar-refractivity contribution in [3.05, 3.63) is 52.9 Å². The van der Waals surface area contributed by atoms with Gasteiger partial charge in [-0.05, 0) is 86.8 Å². The Morgan fingerprint density at radius 1 is 1.31 bits per heavy atom. The van der Waals surface area contributed by atoms with Crippen molar-refractivity contribution in [1.29, 1.82) is 5.26 Å². The summed E-state index contributed by atoms with van der Waals surface area (Å²) in [5.41, 5.74) is 4.77. The van der Waals surface area contributed by atoms with Gasteiger partial charge < -0.3 is 14.6 Å². The second-order valence-electron chi connectivity index (χ2n) is 7.09. The fourth-order valence-electron chi connectivity index (χ4n) is 3.29. The van der Waals surface area contributed by atoms with Gasteiger partial charge in [0.2, 0.25) is 0 Å². The molecule has 3 rings (SSSR count). The number of carbonyl (C=O) groups is 2. The average Bonchev–Trinajstić information content (AvgIpc) is 3.46. The van der Waals surface area contributed by atoms with Crippen LogP contribution in [0.3, 0.4) is 0 Å². The molecule has 1 amide bonds. The number of nitriles is 1. The van der Waals surface area contributed by atoms with E-state index in [1.807, 2.05) is 25.3 Å². The van der Waals surface area contributed by atoms with Crippen LogP contribution in [0.15, 0.2) is 35.2 Å². The van der Waals surface area contributed by atoms with E-state index < -0.39 is 11.9 Å². The molecule has 1 fully saturated rings. The minimum Gasteiger partial charge on any atom is -0.452 e. The summed E-state index contributed by atoms with van der Waals surface area (Å²) in [6, 6.07) is 7.94. The first-order chi connectivity index (χ1) is 13.9. The van der Waals surface area contributed by atoms with Gasteiger partial charge in [0.25, 0.3) is 5.91 Å². The van der Waals surface area contributed by atoms with Gasteiger partial charge in [-0.25, -0.2) is 4.79 Å². The van der Waals surface area contributed by atoms with E-state index in [2.05, 4.69) is 22.9 Å². The normalized spacial score (nSPS) is 13.3. The zero-order valence-electron chi connectivity index (χ0n) is 16.7. The van der Waals surface area contributed by atoms with Crippen LogP contribution < -0.4 is 5.32 Å². The van der Waals surface area contributed by atoms with Crippen LogP contribution >= 0.6 is 11.8 Å². The van der Waals surface area contributed by atoms with Crippen molar-refractivity contribution in [3.63, 3.8) is 0 Å². The first kappa shape index (κ1) is 20.7. The fourth-order valence-corrected chi connectivity index (χ4v) is 3.76. The number of carbonyl (C=O) groups excluding carboxylic acids is 2. The number of nitrogens with zero attached hydrogens (tertiary/aromatic N) is 2. The van der Waals surface area contributed by atoms with Gasteiger partial charge in [0, 0.05) is 34.1 Å². The number of esters is 1. The summed E-state index contributed by atoms with van der Waals surface area (Å²) in [5, 5.41) is 13.4. The number of aromatic nitrogens is 1. The molecule has 0 radical (unpaired) electrons. The highest BCUT2D eigenvalue weighted by Crippen LogP contribution is 2.38. The Kier molecular flexibility index (Phi) is 6.45. The van der Waals surface area contributed by atoms with Crippen molar-refractivity contribution in [3.8, 4) is 5.40 Å². The Bertz CT molecular complexity index is 1010. The van der Waals surface area contributed by atoms with Crippen LogP contribution in [-0.4, -0.2) is 23.1 Å². The van der Waals surface area contributed by atoms with Gasteiger partial charge in [-0.3, -0.25) is 4.79 Å². The predicted octanol–water partition coefficient (Wildman–Crippen LogP) is 4.52. The highest BCUT2D eigenvalue weighted by atomic mass is 32.2. The molecule has 0 atom stereocenters. The number of nitrogens with one attached hydrogen (secondary N) is 1. The van der Waals surface area contributed by atoms with E-state index in [0.717, 1.165) is 33.5 Å². The van der Waals surface area contributed by atoms with E-state index in [1.54, 1.807) is 18.2 Å². The summed E-state index contributed by atoms with van der Waals surface area (Å²) in [6.45, 7) is 5.59. The zero-order chi connectivity index (χ0) is 21.0. The molecule has 0 bridgehead atoms. The molecule has 6 nitrogen and oxygen atoms in total. The minimum atomic E-state index is -0.561. The number of thiocyanates is 1. The standard InChI is InChI=1S/C22H23N3O3S/c1-14-10-19(29-13-23)7-8-20(14)24-21(26)12-28-22(27)9-4-17-11-15(2)25(16(17)3)18-5-6-18/h4,7-11,18H,5-6,12H2,1-3H3,(H,24,26)/b9-4+. The first-order valence-corrected chi connectivity index (χ1v) is 10.2. The topological polar surface area (TPSA) is 84.1 Å². The van der Waals surface area contributed by atoms with Crippen molar-refractivity contribution in [2.45, 2.75) is 44.6 Å². The smallest absolute Gasteiger partial charge is 0.331 e. The van der Waals surface area contributed by atoms with Gasteiger partial charge in [0.05, 0.1) is 0 Å². The molecule has 0 spiro atoms. The summed E-state index contributed by atoms with van der Waals surface area (Å²) in [4.78, 5) is 24.8. The van der Waals surface area contributed by atoms with Gasteiger partial charge in [0.1, 0.15) is 5.40 Å². The number of ether oxygens (including phenoxy) is 1. The average molecular weight is 410 g/mol. The second kappa shape index (κ2) is 9.01. The van der Waals surface area contributed by atoms with Crippen LogP contribution in [0.2, 0.25) is 0 Å². The molecule has 1 aliphatic carbocycles. The highest BCUT2D eigenvalue weighted by molar-refractivity contribution is 8.03. The summed E-state index contributed by atoms with van der Waals surface area (Å²) < 4.78 is 7.35. The third-order valence-electron chi connectivity index (χ3n) is 4.82. The monoisotopic (exact) mass is 409 g/mol. The molecule has 7 heteroatoms. The molecule has 29 heavy (non-hydrogen) atoms. The van der Waals surface area contributed by atoms with Crippen molar-refractivity contribution < 1.29 is 14.3 Å². The Balaban J connectivity index is 1.52. The summed E-state index contributed by atoms with van der Waals surface area (Å²) in [5.74, 6) is -0.976. The van der Waals surface area contributed by atoms with Crippen molar-refractivity contribution in [2.24, 2.45) is 0 Å². The van der Waals surface area contributed by atoms with Crippen LogP contribution in [0.25, 0.3) is 6.08 Å². The lowest BCUT2D eigenvalue weighted by Gasteiger charge is -2.09. The van der Waals surface area contributed by atoms with Crippen LogP contribution in [-0.2, 0) is 14.3 Å². The Hall–Kier alpha value is -2.98. The van der Waals surface area contributed by atoms with Crippen LogP contribution in [0.1, 0.15) is 41.4 Å². The molecule has 0 unspecified atom stereocenters. The molecule has 0 saturated heterocycles. The van der Waals surface area contributed by atoms with Gasteiger partial charge in [-0.15, -0.1) is 0 Å². The quantitative estimate of drug-likeness (QED) is 0.315. The Morgan fingerprint density at radius 3 is 2.72 bits per heavy atom. The summed E-state index contributed by atoms with van der Waals surface area (Å²) in [6.07, 6.45) is 5.49. The maximum absolute atomic E-state index is 12.1. The van der Waals surface area contributed by atoms with E-state index in [0.29, 0.717) is 11.7 Å². The maximum Gasteiger partial charge on any atom is 0.331 e. The number of aryl methyl sites for hydroxylation is 2. The number of hydrogen-bond acceptors (Lipinski definition) is 5. The number of anilines is 1. The molecule has 1 aromatic heterocycles. The zero-order valence-corrected chi connectivity index (χ0v) is 17.5. The minimum absolute atomic E-state index is 0.363. The third-order valence-corrected chi connectivity index (χ3v) is 5.40. The van der Waals surface area contributed by atoms with E-state index >= 15 is 0 Å². The molecule has 150 valence electrons. The number of amides is 1. The number of thioether (sulfide) groups is 1. The first-order valence-electron chi connectivity index (χ1n) is 9.38. The molecular formula is C22H23N3O3S. The van der Waals surface area contributed by atoms with Crippen LogP contribution in [0.4, 0.5) is 5.69 Å². The lowest BCUT2D eigenvalue weighted by Crippen LogP contribution is -2.20. The van der Waals surface area contributed by atoms with E-state index in [9.17, 15) is 9.59 Å². The summed E-state index contributed by atoms with van der Waals surface area (Å²) >= 11 is 1.06. The molecular weight excluding hydrogens is 386 g/mol. The predicted molar refractivity (Wildman–Crippen MR) is 113 cm³/mol. The third kappa shape index (κ3) is 5.30. The van der Waals surface area contributed by atoms with Gasteiger partial charge in [-0.1, -0.05) is 0 Å². The molecule has 1 N–H and O–H groups in total. The molecule has 2 aromatic rings.